The molecule has 1 aromatic carbocycles. The van der Waals surface area contributed by atoms with Gasteiger partial charge < -0.3 is 10.4 Å². The highest BCUT2D eigenvalue weighted by Crippen LogP contribution is 2.36. The van der Waals surface area contributed by atoms with Crippen molar-refractivity contribution in [2.45, 2.75) is 38.3 Å². The van der Waals surface area contributed by atoms with Crippen LogP contribution >= 0.6 is 23.2 Å². The molecule has 1 aromatic heterocycles. The number of carbonyl (C=O) groups is 1. The molecule has 0 aliphatic heterocycles. The molecule has 1 aliphatic rings. The van der Waals surface area contributed by atoms with Gasteiger partial charge in [-0.25, -0.2) is 0 Å². The van der Waals surface area contributed by atoms with E-state index in [1.807, 2.05) is 19.1 Å². The van der Waals surface area contributed by atoms with Gasteiger partial charge in [-0.05, 0) is 54.7 Å². The summed E-state index contributed by atoms with van der Waals surface area (Å²) in [4.78, 5) is 16.9. The van der Waals surface area contributed by atoms with Crippen molar-refractivity contribution in [3.63, 3.8) is 0 Å². The topological polar surface area (TPSA) is 62.2 Å². The number of aromatic nitrogens is 1. The lowest BCUT2D eigenvalue weighted by atomic mass is 9.83. The number of halogens is 2. The number of nitrogens with one attached hydrogen (secondary N) is 1. The van der Waals surface area contributed by atoms with Gasteiger partial charge in [-0.2, -0.15) is 0 Å². The number of nitrogens with zero attached hydrogens (tertiary/aromatic N) is 1. The van der Waals surface area contributed by atoms with Crippen LogP contribution in [-0.2, 0) is 11.3 Å². The molecule has 0 bridgehead atoms. The van der Waals surface area contributed by atoms with E-state index >= 15 is 0 Å². The maximum atomic E-state index is 12.6. The lowest BCUT2D eigenvalue weighted by molar-refractivity contribution is -0.123. The van der Waals surface area contributed by atoms with Gasteiger partial charge in [-0.1, -0.05) is 29.3 Å². The van der Waals surface area contributed by atoms with E-state index in [2.05, 4.69) is 10.3 Å². The standard InChI is InChI=1S/C18H18Cl2N2O2/c1-10-7-11(19)8-15(20)14(10)9-22-18(24)13-4-5-16(23)17-12(13)3-2-6-21-17/h2-3,6-8,13,16,23H,4-5,9H2,1H3,(H,22,24)/t13-,16?/m0/s1. The lowest BCUT2D eigenvalue weighted by Gasteiger charge is -2.27. The van der Waals surface area contributed by atoms with Gasteiger partial charge in [0.2, 0.25) is 5.91 Å². The summed E-state index contributed by atoms with van der Waals surface area (Å²) >= 11 is 12.2. The third-order valence-corrected chi connectivity index (χ3v) is 4.99. The second-order valence-corrected chi connectivity index (χ2v) is 6.87. The number of hydrogen-bond acceptors (Lipinski definition) is 3. The molecule has 1 aliphatic carbocycles. The van der Waals surface area contributed by atoms with Crippen LogP contribution < -0.4 is 5.32 Å². The molecular formula is C18H18Cl2N2O2. The summed E-state index contributed by atoms with van der Waals surface area (Å²) in [6.45, 7) is 2.25. The number of benzene rings is 1. The Bertz CT molecular complexity index is 756. The smallest absolute Gasteiger partial charge is 0.227 e. The third-order valence-electron chi connectivity index (χ3n) is 4.43. The molecule has 0 saturated carbocycles. The van der Waals surface area contributed by atoms with Crippen molar-refractivity contribution in [1.82, 2.24) is 10.3 Å². The third kappa shape index (κ3) is 3.41. The van der Waals surface area contributed by atoms with Crippen LogP contribution in [0.5, 0.6) is 0 Å². The maximum absolute atomic E-state index is 12.6. The Balaban J connectivity index is 1.76. The minimum absolute atomic E-state index is 0.0819. The number of pyridine rings is 1. The fraction of sp³-hybridized carbons (Fsp3) is 0.333. The maximum Gasteiger partial charge on any atom is 0.227 e. The minimum Gasteiger partial charge on any atom is -0.387 e. The van der Waals surface area contributed by atoms with Crippen molar-refractivity contribution in [1.29, 1.82) is 0 Å². The molecule has 1 amide bonds. The van der Waals surface area contributed by atoms with Crippen molar-refractivity contribution >= 4 is 29.1 Å². The van der Waals surface area contributed by atoms with E-state index in [0.717, 1.165) is 16.7 Å². The van der Waals surface area contributed by atoms with E-state index in [4.69, 9.17) is 23.2 Å². The van der Waals surface area contributed by atoms with Gasteiger partial charge in [0, 0.05) is 22.8 Å². The Morgan fingerprint density at radius 2 is 2.17 bits per heavy atom. The van der Waals surface area contributed by atoms with Crippen LogP contribution in [0.4, 0.5) is 0 Å². The molecule has 126 valence electrons. The summed E-state index contributed by atoms with van der Waals surface area (Å²) in [7, 11) is 0. The fourth-order valence-electron chi connectivity index (χ4n) is 3.15. The second-order valence-electron chi connectivity index (χ2n) is 6.02. The molecule has 1 heterocycles. The zero-order valence-corrected chi connectivity index (χ0v) is 14.7. The van der Waals surface area contributed by atoms with Gasteiger partial charge in [0.05, 0.1) is 17.7 Å². The highest BCUT2D eigenvalue weighted by atomic mass is 35.5. The normalized spacial score (nSPS) is 19.7. The molecule has 2 atom stereocenters. The largest absolute Gasteiger partial charge is 0.387 e. The molecule has 6 heteroatoms. The molecular weight excluding hydrogens is 347 g/mol. The molecule has 24 heavy (non-hydrogen) atoms. The molecule has 1 unspecified atom stereocenters. The molecule has 3 rings (SSSR count). The van der Waals surface area contributed by atoms with Gasteiger partial charge in [0.15, 0.2) is 0 Å². The Hall–Kier alpha value is -1.62. The number of rotatable bonds is 3. The van der Waals surface area contributed by atoms with Crippen LogP contribution in [0.25, 0.3) is 0 Å². The van der Waals surface area contributed by atoms with Gasteiger partial charge in [0.25, 0.3) is 0 Å². The summed E-state index contributed by atoms with van der Waals surface area (Å²) in [5.74, 6) is -0.384. The van der Waals surface area contributed by atoms with Crippen molar-refractivity contribution in [3.05, 3.63) is 62.9 Å². The van der Waals surface area contributed by atoms with Crippen molar-refractivity contribution in [3.8, 4) is 0 Å². The van der Waals surface area contributed by atoms with Crippen LogP contribution in [0.1, 0.15) is 47.2 Å². The molecule has 2 aromatic rings. The van der Waals surface area contributed by atoms with Crippen LogP contribution in [0.2, 0.25) is 10.0 Å². The van der Waals surface area contributed by atoms with E-state index in [1.54, 1.807) is 18.3 Å². The zero-order valence-electron chi connectivity index (χ0n) is 13.2. The minimum atomic E-state index is -0.599. The van der Waals surface area contributed by atoms with Crippen LogP contribution in [-0.4, -0.2) is 16.0 Å². The molecule has 0 fully saturated rings. The quantitative estimate of drug-likeness (QED) is 0.867. The predicted octanol–water partition coefficient (Wildman–Crippen LogP) is 3.92. The number of amides is 1. The summed E-state index contributed by atoms with van der Waals surface area (Å²) in [6.07, 6.45) is 2.17. The summed E-state index contributed by atoms with van der Waals surface area (Å²) in [6, 6.07) is 7.14. The molecule has 0 spiro atoms. The van der Waals surface area contributed by atoms with Gasteiger partial charge in [0.1, 0.15) is 0 Å². The number of aliphatic hydroxyl groups is 1. The first-order valence-electron chi connectivity index (χ1n) is 7.82. The SMILES string of the molecule is Cc1cc(Cl)cc(Cl)c1CNC(=O)[C@H]1CCC(O)c2ncccc21. The number of aryl methyl sites for hydroxylation is 1. The Labute approximate surface area is 150 Å². The average Bonchev–Trinajstić information content (AvgIpc) is 2.54. The zero-order chi connectivity index (χ0) is 17.3. The Morgan fingerprint density at radius 1 is 1.38 bits per heavy atom. The first-order valence-corrected chi connectivity index (χ1v) is 8.58. The van der Waals surface area contributed by atoms with Crippen molar-refractivity contribution in [2.24, 2.45) is 0 Å². The summed E-state index contributed by atoms with van der Waals surface area (Å²) < 4.78 is 0. The second kappa shape index (κ2) is 7.09. The fourth-order valence-corrected chi connectivity index (χ4v) is 3.81. The van der Waals surface area contributed by atoms with Crippen molar-refractivity contribution in [2.75, 3.05) is 0 Å². The average molecular weight is 365 g/mol. The Morgan fingerprint density at radius 3 is 2.92 bits per heavy atom. The highest BCUT2D eigenvalue weighted by molar-refractivity contribution is 6.35. The van der Waals surface area contributed by atoms with Gasteiger partial charge in [-0.15, -0.1) is 0 Å². The first-order chi connectivity index (χ1) is 11.5. The van der Waals surface area contributed by atoms with E-state index < -0.39 is 6.10 Å². The first kappa shape index (κ1) is 17.2. The molecule has 2 N–H and O–H groups in total. The summed E-state index contributed by atoms with van der Waals surface area (Å²) in [5, 5.41) is 14.1. The predicted molar refractivity (Wildman–Crippen MR) is 94.2 cm³/mol. The molecule has 0 saturated heterocycles. The number of carbonyl (C=O) groups excluding carboxylic acids is 1. The lowest BCUT2D eigenvalue weighted by Crippen LogP contribution is -2.32. The van der Waals surface area contributed by atoms with Crippen LogP contribution in [0, 0.1) is 6.92 Å². The van der Waals surface area contributed by atoms with Crippen molar-refractivity contribution < 1.29 is 9.90 Å². The van der Waals surface area contributed by atoms with E-state index in [-0.39, 0.29) is 11.8 Å². The Kier molecular flexibility index (Phi) is 5.09. The van der Waals surface area contributed by atoms with E-state index in [0.29, 0.717) is 35.1 Å². The monoisotopic (exact) mass is 364 g/mol. The van der Waals surface area contributed by atoms with Crippen LogP contribution in [0.15, 0.2) is 30.5 Å². The summed E-state index contributed by atoms with van der Waals surface area (Å²) in [5.41, 5.74) is 3.20. The number of aliphatic hydroxyl groups excluding tert-OH is 1. The van der Waals surface area contributed by atoms with Gasteiger partial charge in [-0.3, -0.25) is 9.78 Å². The molecule has 0 radical (unpaired) electrons. The highest BCUT2D eigenvalue weighted by Gasteiger charge is 2.31. The van der Waals surface area contributed by atoms with E-state index in [1.165, 1.54) is 0 Å². The molecule has 4 nitrogen and oxygen atoms in total. The van der Waals surface area contributed by atoms with Crippen LogP contribution in [0.3, 0.4) is 0 Å². The number of hydrogen-bond donors (Lipinski definition) is 2. The van der Waals surface area contributed by atoms with Gasteiger partial charge >= 0.3 is 0 Å². The number of fused-ring (bicyclic) bond motifs is 1. The van der Waals surface area contributed by atoms with E-state index in [9.17, 15) is 9.90 Å².